The van der Waals surface area contributed by atoms with Crippen molar-refractivity contribution in [2.45, 2.75) is 13.1 Å². The summed E-state index contributed by atoms with van der Waals surface area (Å²) in [7, 11) is 0. The van der Waals surface area contributed by atoms with Gasteiger partial charge in [0.2, 0.25) is 0 Å². The summed E-state index contributed by atoms with van der Waals surface area (Å²) in [6.45, 7) is 0.561. The molecular weight excluding hydrogens is 359 g/mol. The second-order valence-corrected chi connectivity index (χ2v) is 7.34. The molecule has 130 valence electrons. The first-order valence-corrected chi connectivity index (χ1v) is 9.35. The number of hydrogen-bond donors (Lipinski definition) is 1. The average molecular weight is 376 g/mol. The first-order valence-electron chi connectivity index (χ1n) is 7.59. The van der Waals surface area contributed by atoms with E-state index < -0.39 is 0 Å². The van der Waals surface area contributed by atoms with E-state index in [-0.39, 0.29) is 18.8 Å². The summed E-state index contributed by atoms with van der Waals surface area (Å²) in [5, 5.41) is 8.14. The fourth-order valence-corrected chi connectivity index (χ4v) is 3.75. The van der Waals surface area contributed by atoms with Crippen LogP contribution in [-0.2, 0) is 13.1 Å². The van der Waals surface area contributed by atoms with E-state index in [9.17, 15) is 9.18 Å². The quantitative estimate of drug-likeness (QED) is 0.689. The van der Waals surface area contributed by atoms with Crippen LogP contribution in [0.15, 0.2) is 52.0 Å². The van der Waals surface area contributed by atoms with Crippen LogP contribution >= 0.6 is 22.7 Å². The summed E-state index contributed by atoms with van der Waals surface area (Å²) >= 11 is 3.28. The van der Waals surface area contributed by atoms with E-state index in [0.29, 0.717) is 18.4 Å². The lowest BCUT2D eigenvalue weighted by Gasteiger charge is -2.01. The Bertz CT molecular complexity index is 934. The molecule has 2 N–H and O–H groups in total. The van der Waals surface area contributed by atoms with E-state index in [2.05, 4.69) is 28.7 Å². The van der Waals surface area contributed by atoms with Gasteiger partial charge in [0, 0.05) is 16.3 Å². The number of nitrogens with zero attached hydrogens (tertiary/aromatic N) is 3. The van der Waals surface area contributed by atoms with Gasteiger partial charge in [0.1, 0.15) is 6.33 Å². The predicted octanol–water partition coefficient (Wildman–Crippen LogP) is 3.20. The zero-order valence-electron chi connectivity index (χ0n) is 13.3. The first kappa shape index (κ1) is 17.5. The minimum absolute atomic E-state index is 0.0561. The van der Waals surface area contributed by atoms with Crippen molar-refractivity contribution >= 4 is 34.8 Å². The van der Waals surface area contributed by atoms with Gasteiger partial charge in [0.15, 0.2) is 0 Å². The smallest absolute Gasteiger partial charge is 0.327 e. The lowest BCUT2D eigenvalue weighted by molar-refractivity contribution is 0.604. The third-order valence-corrected chi connectivity index (χ3v) is 5.29. The molecule has 0 aliphatic rings. The normalized spacial score (nSPS) is 12.3. The van der Waals surface area contributed by atoms with E-state index in [1.807, 2.05) is 17.5 Å². The Morgan fingerprint density at radius 3 is 2.92 bits per heavy atom. The maximum atomic E-state index is 12.6. The monoisotopic (exact) mass is 376 g/mol. The molecule has 0 spiro atoms. The molecule has 8 heteroatoms. The third kappa shape index (κ3) is 4.41. The summed E-state index contributed by atoms with van der Waals surface area (Å²) in [5.41, 5.74) is 6.63. The van der Waals surface area contributed by atoms with Gasteiger partial charge >= 0.3 is 5.69 Å². The van der Waals surface area contributed by atoms with Crippen molar-refractivity contribution in [2.75, 3.05) is 6.54 Å². The highest BCUT2D eigenvalue weighted by Gasteiger charge is 2.08. The molecule has 0 aliphatic heterocycles. The van der Waals surface area contributed by atoms with Gasteiger partial charge < -0.3 is 5.73 Å². The van der Waals surface area contributed by atoms with Crippen LogP contribution in [0.1, 0.15) is 15.3 Å². The molecule has 3 aromatic rings. The zero-order chi connectivity index (χ0) is 17.6. The predicted molar refractivity (Wildman–Crippen MR) is 101 cm³/mol. The van der Waals surface area contributed by atoms with Crippen LogP contribution in [0, 0.1) is 0 Å². The summed E-state index contributed by atoms with van der Waals surface area (Å²) in [6.07, 6.45) is 6.02. The standard InChI is InChI=1S/C17H17FN4OS2/c18-7-14(8-19)9-22-17(23)21(12-20-22)10-16-4-3-15(25-16)2-1-13-5-6-24-11-13/h1-7,11-12H,8-10,19H2/b2-1+,14-7+. The fourth-order valence-electron chi connectivity index (χ4n) is 2.21. The number of aromatic nitrogens is 3. The Labute approximate surface area is 152 Å². The first-order chi connectivity index (χ1) is 12.2. The number of nitrogens with two attached hydrogens (primary N) is 1. The van der Waals surface area contributed by atoms with Crippen LogP contribution in [0.25, 0.3) is 12.2 Å². The zero-order valence-corrected chi connectivity index (χ0v) is 15.0. The Morgan fingerprint density at radius 2 is 2.20 bits per heavy atom. The van der Waals surface area contributed by atoms with Crippen molar-refractivity contribution in [1.29, 1.82) is 0 Å². The largest absolute Gasteiger partial charge is 0.346 e. The Hall–Kier alpha value is -2.29. The molecule has 0 radical (unpaired) electrons. The Balaban J connectivity index is 1.69. The van der Waals surface area contributed by atoms with Gasteiger partial charge in [-0.05, 0) is 46.2 Å². The lowest BCUT2D eigenvalue weighted by Crippen LogP contribution is -2.26. The van der Waals surface area contributed by atoms with Gasteiger partial charge in [-0.2, -0.15) is 16.4 Å². The van der Waals surface area contributed by atoms with E-state index in [1.54, 1.807) is 22.7 Å². The van der Waals surface area contributed by atoms with Crippen molar-refractivity contribution in [3.05, 3.63) is 73.0 Å². The molecule has 0 fully saturated rings. The van der Waals surface area contributed by atoms with Crippen LogP contribution in [-0.4, -0.2) is 20.9 Å². The number of hydrogen-bond acceptors (Lipinski definition) is 5. The molecule has 3 rings (SSSR count). The van der Waals surface area contributed by atoms with Crippen LogP contribution in [0.4, 0.5) is 4.39 Å². The molecule has 0 aliphatic carbocycles. The molecule has 0 unspecified atom stereocenters. The van der Waals surface area contributed by atoms with Crippen molar-refractivity contribution in [3.63, 3.8) is 0 Å². The summed E-state index contributed by atoms with van der Waals surface area (Å²) in [5.74, 6) is 0. The van der Waals surface area contributed by atoms with Gasteiger partial charge in [-0.3, -0.25) is 4.57 Å². The minimum atomic E-state index is -0.281. The van der Waals surface area contributed by atoms with Gasteiger partial charge in [-0.1, -0.05) is 6.08 Å². The molecular formula is C17H17FN4OS2. The summed E-state index contributed by atoms with van der Waals surface area (Å²) in [4.78, 5) is 14.5. The van der Waals surface area contributed by atoms with E-state index in [0.717, 1.165) is 9.75 Å². The number of thiophene rings is 2. The van der Waals surface area contributed by atoms with Gasteiger partial charge in [0.05, 0.1) is 19.4 Å². The average Bonchev–Trinajstić information content (AvgIpc) is 3.35. The van der Waals surface area contributed by atoms with Gasteiger partial charge in [0.25, 0.3) is 0 Å². The molecule has 0 saturated carbocycles. The van der Waals surface area contributed by atoms with Crippen LogP contribution in [0.2, 0.25) is 0 Å². The fraction of sp³-hybridized carbons (Fsp3) is 0.176. The molecule has 0 amide bonds. The van der Waals surface area contributed by atoms with Crippen LogP contribution < -0.4 is 11.4 Å². The molecule has 0 atom stereocenters. The SMILES string of the molecule is NC/C(=C\F)Cn1ncn(Cc2ccc(/C=C/c3ccsc3)s2)c1=O. The number of rotatable bonds is 7. The molecule has 3 aromatic heterocycles. The lowest BCUT2D eigenvalue weighted by atomic mass is 10.3. The highest BCUT2D eigenvalue weighted by molar-refractivity contribution is 7.12. The molecule has 5 nitrogen and oxygen atoms in total. The molecule has 3 heterocycles. The van der Waals surface area contributed by atoms with Crippen LogP contribution in [0.3, 0.4) is 0 Å². The van der Waals surface area contributed by atoms with Crippen molar-refractivity contribution < 1.29 is 4.39 Å². The van der Waals surface area contributed by atoms with E-state index in [4.69, 9.17) is 5.73 Å². The van der Waals surface area contributed by atoms with E-state index in [1.165, 1.54) is 21.1 Å². The number of halogens is 1. The second-order valence-electron chi connectivity index (χ2n) is 5.36. The second kappa shape index (κ2) is 8.19. The third-order valence-electron chi connectivity index (χ3n) is 3.56. The highest BCUT2D eigenvalue weighted by Crippen LogP contribution is 2.20. The maximum absolute atomic E-state index is 12.6. The molecule has 0 bridgehead atoms. The molecule has 0 aromatic carbocycles. The summed E-state index contributed by atoms with van der Waals surface area (Å²) in [6, 6.07) is 6.08. The Morgan fingerprint density at radius 1 is 1.32 bits per heavy atom. The molecule has 25 heavy (non-hydrogen) atoms. The summed E-state index contributed by atoms with van der Waals surface area (Å²) < 4.78 is 15.3. The van der Waals surface area contributed by atoms with Crippen LogP contribution in [0.5, 0.6) is 0 Å². The van der Waals surface area contributed by atoms with Crippen molar-refractivity contribution in [1.82, 2.24) is 14.3 Å². The van der Waals surface area contributed by atoms with Gasteiger partial charge in [-0.25, -0.2) is 13.9 Å². The van der Waals surface area contributed by atoms with Crippen molar-refractivity contribution in [3.8, 4) is 0 Å². The molecule has 0 saturated heterocycles. The Kier molecular flexibility index (Phi) is 5.75. The highest BCUT2D eigenvalue weighted by atomic mass is 32.1. The topological polar surface area (TPSA) is 65.8 Å². The minimum Gasteiger partial charge on any atom is -0.327 e. The van der Waals surface area contributed by atoms with Crippen molar-refractivity contribution in [2.24, 2.45) is 5.73 Å². The maximum Gasteiger partial charge on any atom is 0.346 e. The van der Waals surface area contributed by atoms with Gasteiger partial charge in [-0.15, -0.1) is 11.3 Å². The van der Waals surface area contributed by atoms with E-state index >= 15 is 0 Å².